The lowest BCUT2D eigenvalue weighted by Gasteiger charge is -2.36. The van der Waals surface area contributed by atoms with Crippen molar-refractivity contribution in [1.82, 2.24) is 10.4 Å². The van der Waals surface area contributed by atoms with Gasteiger partial charge in [0.05, 0.1) is 11.8 Å². The van der Waals surface area contributed by atoms with Crippen molar-refractivity contribution >= 4 is 33.4 Å². The summed E-state index contributed by atoms with van der Waals surface area (Å²) in [4.78, 5) is 25.6. The van der Waals surface area contributed by atoms with Gasteiger partial charge >= 0.3 is 0 Å². The molecule has 1 aliphatic heterocycles. The van der Waals surface area contributed by atoms with Crippen LogP contribution in [0.2, 0.25) is 0 Å². The molecule has 0 spiro atoms. The van der Waals surface area contributed by atoms with Crippen molar-refractivity contribution in [3.05, 3.63) is 88.3 Å². The van der Waals surface area contributed by atoms with Crippen LogP contribution in [0.5, 0.6) is 0 Å². The Morgan fingerprint density at radius 2 is 1.96 bits per heavy atom. The lowest BCUT2D eigenvalue weighted by molar-refractivity contribution is -0.125. The van der Waals surface area contributed by atoms with Crippen LogP contribution in [-0.2, 0) is 11.2 Å². The highest BCUT2D eigenvalue weighted by molar-refractivity contribution is 9.10. The van der Waals surface area contributed by atoms with E-state index in [0.29, 0.717) is 23.4 Å². The Morgan fingerprint density at radius 3 is 2.71 bits per heavy atom. The molecule has 28 heavy (non-hydrogen) atoms. The van der Waals surface area contributed by atoms with Crippen molar-refractivity contribution in [2.45, 2.75) is 19.0 Å². The number of anilines is 1. The van der Waals surface area contributed by atoms with Crippen molar-refractivity contribution in [3.8, 4) is 0 Å². The van der Waals surface area contributed by atoms with Crippen LogP contribution in [-0.4, -0.2) is 16.8 Å². The highest BCUT2D eigenvalue weighted by atomic mass is 79.9. The van der Waals surface area contributed by atoms with Crippen LogP contribution < -0.4 is 10.7 Å². The predicted molar refractivity (Wildman–Crippen MR) is 108 cm³/mol. The van der Waals surface area contributed by atoms with Crippen molar-refractivity contribution in [2.24, 2.45) is 0 Å². The Bertz CT molecular complexity index is 989. The quantitative estimate of drug-likeness (QED) is 0.622. The Labute approximate surface area is 170 Å². The zero-order valence-electron chi connectivity index (χ0n) is 14.9. The molecule has 0 saturated heterocycles. The van der Waals surface area contributed by atoms with E-state index in [2.05, 4.69) is 26.7 Å². The second-order valence-corrected chi connectivity index (χ2v) is 7.36. The van der Waals surface area contributed by atoms with Crippen LogP contribution in [0.25, 0.3) is 0 Å². The predicted octanol–water partition coefficient (Wildman–Crippen LogP) is 4.27. The molecule has 1 aliphatic rings. The number of benzene rings is 2. The number of aryl methyl sites for hydroxylation is 1. The second-order valence-electron chi connectivity index (χ2n) is 6.45. The van der Waals surface area contributed by atoms with E-state index >= 15 is 0 Å². The van der Waals surface area contributed by atoms with Gasteiger partial charge in [0, 0.05) is 16.6 Å². The number of hydrogen-bond donors (Lipinski definition) is 2. The summed E-state index contributed by atoms with van der Waals surface area (Å²) < 4.78 is 6.27. The van der Waals surface area contributed by atoms with Crippen molar-refractivity contribution in [2.75, 3.05) is 5.32 Å². The average Bonchev–Trinajstić information content (AvgIpc) is 3.24. The van der Waals surface area contributed by atoms with Gasteiger partial charge in [0.25, 0.3) is 5.91 Å². The van der Waals surface area contributed by atoms with E-state index < -0.39 is 6.17 Å². The first kappa shape index (κ1) is 18.3. The van der Waals surface area contributed by atoms with Gasteiger partial charge in [-0.15, -0.1) is 0 Å². The number of halogens is 1. The number of carbonyl (C=O) groups is 2. The SMILES string of the molecule is O=C(CCc1ccccc1)NN1C(=O)c2cc(Br)ccc2NC1c1ccco1. The van der Waals surface area contributed by atoms with Crippen molar-refractivity contribution in [1.29, 1.82) is 0 Å². The lowest BCUT2D eigenvalue weighted by Crippen LogP contribution is -2.52. The lowest BCUT2D eigenvalue weighted by atomic mass is 10.1. The number of nitrogens with one attached hydrogen (secondary N) is 2. The van der Waals surface area contributed by atoms with Crippen LogP contribution in [0.1, 0.15) is 34.3 Å². The minimum absolute atomic E-state index is 0.242. The normalized spacial score (nSPS) is 15.7. The zero-order valence-corrected chi connectivity index (χ0v) is 16.5. The van der Waals surface area contributed by atoms with Gasteiger partial charge in [0.1, 0.15) is 5.76 Å². The molecule has 7 heteroatoms. The van der Waals surface area contributed by atoms with Gasteiger partial charge in [0.2, 0.25) is 5.91 Å². The molecule has 0 fully saturated rings. The van der Waals surface area contributed by atoms with Gasteiger partial charge in [0.15, 0.2) is 6.17 Å². The standard InChI is InChI=1S/C21H18BrN3O3/c22-15-9-10-17-16(13-15)21(27)25(20(23-17)18-7-4-12-28-18)24-19(26)11-8-14-5-2-1-3-6-14/h1-7,9-10,12-13,20,23H,8,11H2,(H,24,26). The molecule has 0 bridgehead atoms. The average molecular weight is 440 g/mol. The molecule has 1 unspecified atom stereocenters. The molecule has 0 aliphatic carbocycles. The van der Waals surface area contributed by atoms with Gasteiger partial charge in [-0.1, -0.05) is 46.3 Å². The number of rotatable bonds is 5. The van der Waals surface area contributed by atoms with E-state index in [9.17, 15) is 9.59 Å². The maximum absolute atomic E-state index is 13.1. The number of carbonyl (C=O) groups excluding carboxylic acids is 2. The van der Waals surface area contributed by atoms with E-state index in [4.69, 9.17) is 4.42 Å². The largest absolute Gasteiger partial charge is 0.465 e. The van der Waals surface area contributed by atoms with Gasteiger partial charge in [-0.25, -0.2) is 5.01 Å². The third kappa shape index (κ3) is 3.80. The summed E-state index contributed by atoms with van der Waals surface area (Å²) in [5.74, 6) is -0.0104. The molecular weight excluding hydrogens is 422 g/mol. The summed E-state index contributed by atoms with van der Waals surface area (Å²) in [7, 11) is 0. The minimum Gasteiger partial charge on any atom is -0.465 e. The fraction of sp³-hybridized carbons (Fsp3) is 0.143. The number of furan rings is 1. The van der Waals surface area contributed by atoms with Gasteiger partial charge in [-0.3, -0.25) is 15.0 Å². The van der Waals surface area contributed by atoms with Crippen LogP contribution in [0.15, 0.2) is 75.8 Å². The number of fused-ring (bicyclic) bond motifs is 1. The third-order valence-corrected chi connectivity index (χ3v) is 5.02. The van der Waals surface area contributed by atoms with Crippen molar-refractivity contribution in [3.63, 3.8) is 0 Å². The molecule has 1 atom stereocenters. The van der Waals surface area contributed by atoms with Gasteiger partial charge in [-0.05, 0) is 42.3 Å². The van der Waals surface area contributed by atoms with Crippen LogP contribution in [0, 0.1) is 0 Å². The maximum Gasteiger partial charge on any atom is 0.276 e. The molecule has 1 aromatic heterocycles. The first-order valence-electron chi connectivity index (χ1n) is 8.88. The highest BCUT2D eigenvalue weighted by Crippen LogP contribution is 2.33. The van der Waals surface area contributed by atoms with Crippen LogP contribution in [0.3, 0.4) is 0 Å². The van der Waals surface area contributed by atoms with Crippen LogP contribution >= 0.6 is 15.9 Å². The zero-order chi connectivity index (χ0) is 19.5. The Hall–Kier alpha value is -3.06. The van der Waals surface area contributed by atoms with Crippen LogP contribution in [0.4, 0.5) is 5.69 Å². The van der Waals surface area contributed by atoms with E-state index in [1.165, 1.54) is 11.3 Å². The number of hydrazine groups is 1. The fourth-order valence-corrected chi connectivity index (χ4v) is 3.49. The fourth-order valence-electron chi connectivity index (χ4n) is 3.13. The van der Waals surface area contributed by atoms with E-state index in [0.717, 1.165) is 10.0 Å². The van der Waals surface area contributed by atoms with Gasteiger partial charge < -0.3 is 9.73 Å². The molecule has 2 aromatic carbocycles. The summed E-state index contributed by atoms with van der Waals surface area (Å²) >= 11 is 3.39. The molecule has 3 aromatic rings. The maximum atomic E-state index is 13.1. The summed E-state index contributed by atoms with van der Waals surface area (Å²) in [5.41, 5.74) is 4.97. The Kier molecular flexibility index (Phi) is 5.16. The summed E-state index contributed by atoms with van der Waals surface area (Å²) in [6.45, 7) is 0. The molecule has 2 N–H and O–H groups in total. The van der Waals surface area contributed by atoms with E-state index in [1.807, 2.05) is 42.5 Å². The molecule has 142 valence electrons. The molecule has 0 saturated carbocycles. The molecule has 0 radical (unpaired) electrons. The number of nitrogens with zero attached hydrogens (tertiary/aromatic N) is 1. The molecule has 2 heterocycles. The molecule has 2 amide bonds. The highest BCUT2D eigenvalue weighted by Gasteiger charge is 2.35. The monoisotopic (exact) mass is 439 g/mol. The summed E-state index contributed by atoms with van der Waals surface area (Å²) in [5, 5.41) is 4.55. The van der Waals surface area contributed by atoms with Crippen molar-refractivity contribution < 1.29 is 14.0 Å². The van der Waals surface area contributed by atoms with Gasteiger partial charge in [-0.2, -0.15) is 0 Å². The number of hydrogen-bond acceptors (Lipinski definition) is 4. The summed E-state index contributed by atoms with van der Waals surface area (Å²) in [6, 6.07) is 18.7. The molecule has 4 rings (SSSR count). The topological polar surface area (TPSA) is 74.6 Å². The minimum atomic E-state index is -0.628. The first-order valence-corrected chi connectivity index (χ1v) is 9.67. The van der Waals surface area contributed by atoms with E-state index in [1.54, 1.807) is 18.2 Å². The third-order valence-electron chi connectivity index (χ3n) is 4.52. The Balaban J connectivity index is 1.55. The van der Waals surface area contributed by atoms with E-state index in [-0.39, 0.29) is 18.2 Å². The number of amides is 2. The summed E-state index contributed by atoms with van der Waals surface area (Å²) in [6.07, 6.45) is 1.77. The molecule has 6 nitrogen and oxygen atoms in total. The second kappa shape index (κ2) is 7.90. The smallest absolute Gasteiger partial charge is 0.276 e. The molecular formula is C21H18BrN3O3. The first-order chi connectivity index (χ1) is 13.6. The Morgan fingerprint density at radius 1 is 1.14 bits per heavy atom.